The molecule has 0 aliphatic rings. The second-order valence-electron chi connectivity index (χ2n) is 8.17. The van der Waals surface area contributed by atoms with Gasteiger partial charge in [0.2, 0.25) is 10.0 Å². The van der Waals surface area contributed by atoms with Gasteiger partial charge in [0.1, 0.15) is 0 Å². The van der Waals surface area contributed by atoms with E-state index in [4.69, 9.17) is 0 Å². The zero-order chi connectivity index (χ0) is 25.5. The first-order chi connectivity index (χ1) is 17.3. The molecule has 0 spiro atoms. The molecular weight excluding hydrogens is 474 g/mol. The first-order valence-corrected chi connectivity index (χ1v) is 12.8. The van der Waals surface area contributed by atoms with Crippen molar-refractivity contribution in [3.05, 3.63) is 131 Å². The van der Waals surface area contributed by atoms with Crippen LogP contribution in [0.15, 0.2) is 108 Å². The van der Waals surface area contributed by atoms with Gasteiger partial charge in [-0.25, -0.2) is 13.1 Å². The molecule has 2 N–H and O–H groups in total. The SMILES string of the molecule is CC(=O)c1ccc(S(=O)(=O)NCc2ccc(C(=O)NC(c3ccccc3)c3ccccn3)cc2)cc1. The first kappa shape index (κ1) is 25.0. The van der Waals surface area contributed by atoms with Gasteiger partial charge in [-0.1, -0.05) is 60.7 Å². The Balaban J connectivity index is 1.43. The van der Waals surface area contributed by atoms with Crippen molar-refractivity contribution in [1.29, 1.82) is 0 Å². The molecule has 1 unspecified atom stereocenters. The van der Waals surface area contributed by atoms with Crippen LogP contribution in [0.5, 0.6) is 0 Å². The van der Waals surface area contributed by atoms with Crippen LogP contribution in [0, 0.1) is 0 Å². The maximum atomic E-state index is 13.0. The van der Waals surface area contributed by atoms with Crippen LogP contribution in [0.1, 0.15) is 50.5 Å². The number of carbonyl (C=O) groups excluding carboxylic acids is 2. The number of carbonyl (C=O) groups is 2. The van der Waals surface area contributed by atoms with Gasteiger partial charge in [-0.3, -0.25) is 14.6 Å². The van der Waals surface area contributed by atoms with E-state index in [9.17, 15) is 18.0 Å². The highest BCUT2D eigenvalue weighted by molar-refractivity contribution is 7.89. The number of nitrogens with zero attached hydrogens (tertiary/aromatic N) is 1. The molecule has 3 aromatic carbocycles. The van der Waals surface area contributed by atoms with Gasteiger partial charge in [0.25, 0.3) is 5.91 Å². The summed E-state index contributed by atoms with van der Waals surface area (Å²) in [4.78, 5) is 28.9. The highest BCUT2D eigenvalue weighted by Crippen LogP contribution is 2.21. The summed E-state index contributed by atoms with van der Waals surface area (Å²) in [6.45, 7) is 1.48. The molecular formula is C28H25N3O4S. The van der Waals surface area contributed by atoms with E-state index in [1.807, 2.05) is 48.5 Å². The number of hydrogen-bond donors (Lipinski definition) is 2. The number of pyridine rings is 1. The van der Waals surface area contributed by atoms with Crippen molar-refractivity contribution >= 4 is 21.7 Å². The first-order valence-electron chi connectivity index (χ1n) is 11.3. The molecule has 0 radical (unpaired) electrons. The van der Waals surface area contributed by atoms with E-state index in [1.165, 1.54) is 31.2 Å². The Labute approximate surface area is 210 Å². The fourth-order valence-electron chi connectivity index (χ4n) is 3.64. The smallest absolute Gasteiger partial charge is 0.252 e. The average Bonchev–Trinajstić information content (AvgIpc) is 2.92. The molecule has 1 amide bonds. The van der Waals surface area contributed by atoms with Gasteiger partial charge in [0.05, 0.1) is 16.6 Å². The van der Waals surface area contributed by atoms with Crippen LogP contribution in [0.4, 0.5) is 0 Å². The molecule has 1 atom stereocenters. The van der Waals surface area contributed by atoms with Crippen LogP contribution in [0.25, 0.3) is 0 Å². The lowest BCUT2D eigenvalue weighted by molar-refractivity contribution is 0.0941. The number of hydrogen-bond acceptors (Lipinski definition) is 5. The summed E-state index contributed by atoms with van der Waals surface area (Å²) in [5, 5.41) is 3.04. The highest BCUT2D eigenvalue weighted by atomic mass is 32.2. The Kier molecular flexibility index (Phi) is 7.68. The summed E-state index contributed by atoms with van der Waals surface area (Å²) >= 11 is 0. The Morgan fingerprint density at radius 1 is 0.806 bits per heavy atom. The van der Waals surface area contributed by atoms with Crippen LogP contribution in [-0.2, 0) is 16.6 Å². The normalized spacial score (nSPS) is 12.0. The van der Waals surface area contributed by atoms with E-state index in [0.717, 1.165) is 11.3 Å². The van der Waals surface area contributed by atoms with E-state index in [-0.39, 0.29) is 23.1 Å². The number of amides is 1. The van der Waals surface area contributed by atoms with Crippen molar-refractivity contribution in [2.75, 3.05) is 0 Å². The lowest BCUT2D eigenvalue weighted by atomic mass is 10.0. The molecule has 0 bridgehead atoms. The summed E-state index contributed by atoms with van der Waals surface area (Å²) in [7, 11) is -3.75. The van der Waals surface area contributed by atoms with E-state index in [0.29, 0.717) is 16.7 Å². The molecule has 0 aliphatic heterocycles. The number of benzene rings is 3. The van der Waals surface area contributed by atoms with Crippen molar-refractivity contribution in [3.63, 3.8) is 0 Å². The zero-order valence-electron chi connectivity index (χ0n) is 19.6. The third-order valence-corrected chi connectivity index (χ3v) is 7.06. The van der Waals surface area contributed by atoms with Crippen molar-refractivity contribution < 1.29 is 18.0 Å². The number of rotatable bonds is 9. The minimum atomic E-state index is -3.75. The fourth-order valence-corrected chi connectivity index (χ4v) is 4.66. The van der Waals surface area contributed by atoms with Gasteiger partial charge in [-0.2, -0.15) is 0 Å². The average molecular weight is 500 g/mol. The predicted octanol–water partition coefficient (Wildman–Crippen LogP) is 4.28. The summed E-state index contributed by atoms with van der Waals surface area (Å²) in [6.07, 6.45) is 1.69. The summed E-state index contributed by atoms with van der Waals surface area (Å²) in [5.41, 5.74) is 3.21. The van der Waals surface area contributed by atoms with E-state index < -0.39 is 16.1 Å². The standard InChI is InChI=1S/C28H25N3O4S/c1-20(32)22-14-16-25(17-15-22)36(34,35)30-19-21-10-12-24(13-11-21)28(33)31-27(23-7-3-2-4-8-23)26-9-5-6-18-29-26/h2-18,27,30H,19H2,1H3,(H,31,33). The zero-order valence-corrected chi connectivity index (χ0v) is 20.4. The second kappa shape index (κ2) is 11.1. The predicted molar refractivity (Wildman–Crippen MR) is 137 cm³/mol. The minimum Gasteiger partial charge on any atom is -0.340 e. The van der Waals surface area contributed by atoms with Gasteiger partial charge in [-0.05, 0) is 54.4 Å². The van der Waals surface area contributed by atoms with Crippen molar-refractivity contribution in [2.45, 2.75) is 24.4 Å². The van der Waals surface area contributed by atoms with E-state index >= 15 is 0 Å². The summed E-state index contributed by atoms with van der Waals surface area (Å²) in [5.74, 6) is -0.404. The Bertz CT molecular complexity index is 1400. The monoisotopic (exact) mass is 499 g/mol. The lowest BCUT2D eigenvalue weighted by Gasteiger charge is -2.19. The number of ketones is 1. The molecule has 4 aromatic rings. The van der Waals surface area contributed by atoms with E-state index in [2.05, 4.69) is 15.0 Å². The number of nitrogens with one attached hydrogen (secondary N) is 2. The van der Waals surface area contributed by atoms with Gasteiger partial charge < -0.3 is 5.32 Å². The molecule has 0 saturated heterocycles. The third-order valence-electron chi connectivity index (χ3n) is 5.65. The van der Waals surface area contributed by atoms with Crippen LogP contribution in [0.2, 0.25) is 0 Å². The molecule has 0 fully saturated rings. The largest absolute Gasteiger partial charge is 0.340 e. The van der Waals surface area contributed by atoms with Gasteiger partial charge in [-0.15, -0.1) is 0 Å². The van der Waals surface area contributed by atoms with Crippen LogP contribution < -0.4 is 10.0 Å². The molecule has 1 heterocycles. The maximum absolute atomic E-state index is 13.0. The molecule has 4 rings (SSSR count). The molecule has 0 aliphatic carbocycles. The molecule has 0 saturated carbocycles. The molecule has 8 heteroatoms. The van der Waals surface area contributed by atoms with Gasteiger partial charge >= 0.3 is 0 Å². The number of Topliss-reactive ketones (excluding diaryl/α,β-unsaturated/α-hetero) is 1. The Morgan fingerprint density at radius 3 is 2.06 bits per heavy atom. The minimum absolute atomic E-state index is 0.0548. The van der Waals surface area contributed by atoms with Crippen LogP contribution in [0.3, 0.4) is 0 Å². The Hall–Kier alpha value is -4.14. The molecule has 1 aromatic heterocycles. The number of sulfonamides is 1. The quantitative estimate of drug-likeness (QED) is 0.335. The second-order valence-corrected chi connectivity index (χ2v) is 9.94. The summed E-state index contributed by atoms with van der Waals surface area (Å²) in [6, 6.07) is 27.2. The summed E-state index contributed by atoms with van der Waals surface area (Å²) < 4.78 is 27.7. The van der Waals surface area contributed by atoms with Gasteiger partial charge in [0.15, 0.2) is 5.78 Å². The maximum Gasteiger partial charge on any atom is 0.252 e. The fraction of sp³-hybridized carbons (Fsp3) is 0.107. The molecule has 182 valence electrons. The molecule has 36 heavy (non-hydrogen) atoms. The van der Waals surface area contributed by atoms with Crippen LogP contribution in [-0.4, -0.2) is 25.1 Å². The van der Waals surface area contributed by atoms with E-state index in [1.54, 1.807) is 30.5 Å². The van der Waals surface area contributed by atoms with Crippen molar-refractivity contribution in [1.82, 2.24) is 15.0 Å². The molecule has 7 nitrogen and oxygen atoms in total. The van der Waals surface area contributed by atoms with Crippen molar-refractivity contribution in [2.24, 2.45) is 0 Å². The number of aromatic nitrogens is 1. The van der Waals surface area contributed by atoms with Crippen LogP contribution >= 0.6 is 0 Å². The lowest BCUT2D eigenvalue weighted by Crippen LogP contribution is -2.30. The highest BCUT2D eigenvalue weighted by Gasteiger charge is 2.19. The third kappa shape index (κ3) is 6.10. The van der Waals surface area contributed by atoms with Crippen molar-refractivity contribution in [3.8, 4) is 0 Å². The Morgan fingerprint density at radius 2 is 1.44 bits per heavy atom. The topological polar surface area (TPSA) is 105 Å². The van der Waals surface area contributed by atoms with Gasteiger partial charge in [0, 0.05) is 23.9 Å².